The highest BCUT2D eigenvalue weighted by atomic mass is 35.5. The molecule has 0 saturated heterocycles. The molecule has 0 amide bonds. The van der Waals surface area contributed by atoms with Gasteiger partial charge in [0.1, 0.15) is 11.7 Å². The molecule has 3 aromatic carbocycles. The first-order chi connectivity index (χ1) is 13.8. The maximum absolute atomic E-state index is 14.1. The minimum Gasteiger partial charge on any atom is -0.376 e. The van der Waals surface area contributed by atoms with Gasteiger partial charge < -0.3 is 4.74 Å². The lowest BCUT2D eigenvalue weighted by Crippen LogP contribution is -2.25. The van der Waals surface area contributed by atoms with Crippen LogP contribution in [-0.4, -0.2) is 12.8 Å². The minimum absolute atomic E-state index is 0.0528. The van der Waals surface area contributed by atoms with Crippen LogP contribution in [0, 0.1) is 5.82 Å². The van der Waals surface area contributed by atoms with E-state index < -0.39 is 24.5 Å². The topological polar surface area (TPSA) is 9.23 Å². The zero-order chi connectivity index (χ0) is 20.9. The third-order valence-corrected chi connectivity index (χ3v) is 5.48. The van der Waals surface area contributed by atoms with Gasteiger partial charge in [0.15, 0.2) is 0 Å². The Morgan fingerprint density at radius 1 is 0.931 bits per heavy atom. The van der Waals surface area contributed by atoms with Crippen LogP contribution in [0.25, 0.3) is 0 Å². The smallest absolute Gasteiger partial charge is 0.376 e. The van der Waals surface area contributed by atoms with E-state index in [1.165, 1.54) is 48.2 Å². The van der Waals surface area contributed by atoms with Crippen molar-refractivity contribution in [3.63, 3.8) is 0 Å². The number of rotatable bonds is 7. The third-order valence-electron chi connectivity index (χ3n) is 4.19. The van der Waals surface area contributed by atoms with Crippen molar-refractivity contribution in [2.45, 2.75) is 28.5 Å². The third kappa shape index (κ3) is 6.23. The molecule has 1 unspecified atom stereocenters. The number of benzene rings is 3. The van der Waals surface area contributed by atoms with E-state index in [1.807, 2.05) is 30.3 Å². The Morgan fingerprint density at radius 3 is 2.28 bits per heavy atom. The molecule has 3 rings (SSSR count). The van der Waals surface area contributed by atoms with E-state index in [9.17, 15) is 17.6 Å². The van der Waals surface area contributed by atoms with E-state index in [-0.39, 0.29) is 12.2 Å². The maximum Gasteiger partial charge on any atom is 0.397 e. The second-order valence-electron chi connectivity index (χ2n) is 6.34. The normalized spacial score (nSPS) is 12.7. The Kier molecular flexibility index (Phi) is 7.22. The predicted molar refractivity (Wildman–Crippen MR) is 107 cm³/mol. The molecule has 152 valence electrons. The second-order valence-corrected chi connectivity index (χ2v) is 7.89. The highest BCUT2D eigenvalue weighted by Crippen LogP contribution is 2.36. The quantitative estimate of drug-likeness (QED) is 0.352. The molecule has 0 heterocycles. The van der Waals surface area contributed by atoms with Gasteiger partial charge in [-0.1, -0.05) is 59.8 Å². The molecule has 0 aliphatic rings. The molecule has 1 atom stereocenters. The summed E-state index contributed by atoms with van der Waals surface area (Å²) in [5, 5.41) is 0.366. The summed E-state index contributed by atoms with van der Waals surface area (Å²) < 4.78 is 59.7. The Labute approximate surface area is 175 Å². The van der Waals surface area contributed by atoms with Crippen molar-refractivity contribution in [2.75, 3.05) is 6.61 Å². The van der Waals surface area contributed by atoms with Crippen LogP contribution >= 0.6 is 23.4 Å². The Bertz CT molecular complexity index is 930. The molecule has 1 nitrogen and oxygen atoms in total. The summed E-state index contributed by atoms with van der Waals surface area (Å²) in [5.41, 5.74) is 0.684. The fraction of sp³-hybridized carbons (Fsp3) is 0.182. The molecule has 0 bridgehead atoms. The molecule has 0 saturated carbocycles. The molecule has 0 radical (unpaired) electrons. The number of alkyl halides is 3. The molecule has 0 N–H and O–H groups in total. The van der Waals surface area contributed by atoms with Crippen LogP contribution in [0.15, 0.2) is 82.6 Å². The summed E-state index contributed by atoms with van der Waals surface area (Å²) in [6.07, 6.45) is -4.45. The average Bonchev–Trinajstić information content (AvgIpc) is 2.68. The number of halogens is 5. The molecular weight excluding hydrogens is 424 g/mol. The summed E-state index contributed by atoms with van der Waals surface area (Å²) in [4.78, 5) is 1.26. The van der Waals surface area contributed by atoms with E-state index in [1.54, 1.807) is 6.07 Å². The summed E-state index contributed by atoms with van der Waals surface area (Å²) in [5.74, 6) is -2.16. The van der Waals surface area contributed by atoms with Crippen LogP contribution in [0.3, 0.4) is 0 Å². The van der Waals surface area contributed by atoms with E-state index in [0.717, 1.165) is 4.90 Å². The zero-order valence-corrected chi connectivity index (χ0v) is 16.7. The van der Waals surface area contributed by atoms with Crippen LogP contribution < -0.4 is 0 Å². The molecule has 29 heavy (non-hydrogen) atoms. The maximum atomic E-state index is 14.1. The van der Waals surface area contributed by atoms with Gasteiger partial charge in [-0.3, -0.25) is 0 Å². The first kappa shape index (κ1) is 21.7. The van der Waals surface area contributed by atoms with Gasteiger partial charge in [0.2, 0.25) is 0 Å². The largest absolute Gasteiger partial charge is 0.397 e. The Balaban J connectivity index is 1.67. The highest BCUT2D eigenvalue weighted by molar-refractivity contribution is 7.99. The molecule has 0 aliphatic carbocycles. The van der Waals surface area contributed by atoms with Crippen molar-refractivity contribution in [3.8, 4) is 0 Å². The van der Waals surface area contributed by atoms with Gasteiger partial charge in [-0.2, -0.15) is 13.2 Å². The van der Waals surface area contributed by atoms with Crippen LogP contribution in [-0.2, 0) is 11.3 Å². The van der Waals surface area contributed by atoms with Crippen molar-refractivity contribution in [2.24, 2.45) is 0 Å². The van der Waals surface area contributed by atoms with Gasteiger partial charge in [-0.15, -0.1) is 0 Å². The summed E-state index contributed by atoms with van der Waals surface area (Å²) >= 11 is 7.00. The van der Waals surface area contributed by atoms with E-state index in [0.29, 0.717) is 15.5 Å². The van der Waals surface area contributed by atoms with Crippen LogP contribution in [0.5, 0.6) is 0 Å². The fourth-order valence-electron chi connectivity index (χ4n) is 2.70. The van der Waals surface area contributed by atoms with Gasteiger partial charge in [0.25, 0.3) is 0 Å². The molecule has 7 heteroatoms. The zero-order valence-electron chi connectivity index (χ0n) is 15.1. The van der Waals surface area contributed by atoms with Crippen molar-refractivity contribution < 1.29 is 22.3 Å². The summed E-state index contributed by atoms with van der Waals surface area (Å²) in [6, 6.07) is 19.2. The average molecular weight is 441 g/mol. The second kappa shape index (κ2) is 9.65. The van der Waals surface area contributed by atoms with Crippen molar-refractivity contribution >= 4 is 23.4 Å². The van der Waals surface area contributed by atoms with E-state index in [4.69, 9.17) is 16.3 Å². The molecule has 0 aliphatic heterocycles. The lowest BCUT2D eigenvalue weighted by atomic mass is 9.99. The fourth-order valence-corrected chi connectivity index (χ4v) is 3.75. The predicted octanol–water partition coefficient (Wildman–Crippen LogP) is 7.49. The summed E-state index contributed by atoms with van der Waals surface area (Å²) in [7, 11) is 0. The SMILES string of the molecule is Fc1ccc(COCC(c2ccc(Cl)cc2)C(F)(F)F)cc1Sc1ccccc1. The van der Waals surface area contributed by atoms with Gasteiger partial charge in [0.05, 0.1) is 13.2 Å². The van der Waals surface area contributed by atoms with Gasteiger partial charge >= 0.3 is 6.18 Å². The van der Waals surface area contributed by atoms with Gasteiger partial charge in [-0.25, -0.2) is 4.39 Å². The molecule has 0 aromatic heterocycles. The monoisotopic (exact) mass is 440 g/mol. The standard InChI is InChI=1S/C22H17ClF4OS/c23-17-9-7-16(8-10-17)19(22(25,26)27)14-28-13-15-6-11-20(24)21(12-15)29-18-4-2-1-3-5-18/h1-12,19H,13-14H2. The van der Waals surface area contributed by atoms with Crippen molar-refractivity contribution in [3.05, 3.63) is 94.8 Å². The minimum atomic E-state index is -4.45. The van der Waals surface area contributed by atoms with E-state index >= 15 is 0 Å². The molecule has 0 fully saturated rings. The Hall–Kier alpha value is -2.02. The molecular formula is C22H17ClF4OS. The molecule has 3 aromatic rings. The van der Waals surface area contributed by atoms with Crippen LogP contribution in [0.1, 0.15) is 17.0 Å². The lowest BCUT2D eigenvalue weighted by molar-refractivity contribution is -0.163. The van der Waals surface area contributed by atoms with Gasteiger partial charge in [0, 0.05) is 14.8 Å². The van der Waals surface area contributed by atoms with Crippen LogP contribution in [0.4, 0.5) is 17.6 Å². The number of hydrogen-bond donors (Lipinski definition) is 0. The number of hydrogen-bond acceptors (Lipinski definition) is 2. The number of ether oxygens (including phenoxy) is 1. The van der Waals surface area contributed by atoms with Crippen LogP contribution in [0.2, 0.25) is 5.02 Å². The van der Waals surface area contributed by atoms with Crippen molar-refractivity contribution in [1.82, 2.24) is 0 Å². The van der Waals surface area contributed by atoms with E-state index in [2.05, 4.69) is 0 Å². The highest BCUT2D eigenvalue weighted by Gasteiger charge is 2.40. The first-order valence-corrected chi connectivity index (χ1v) is 9.93. The lowest BCUT2D eigenvalue weighted by Gasteiger charge is -2.21. The Morgan fingerprint density at radius 2 is 1.62 bits per heavy atom. The van der Waals surface area contributed by atoms with Gasteiger partial charge in [-0.05, 0) is 47.5 Å². The molecule has 0 spiro atoms. The summed E-state index contributed by atoms with van der Waals surface area (Å²) in [6.45, 7) is -0.591. The first-order valence-electron chi connectivity index (χ1n) is 8.74. The van der Waals surface area contributed by atoms with Crippen molar-refractivity contribution in [1.29, 1.82) is 0 Å².